The van der Waals surface area contributed by atoms with Crippen molar-refractivity contribution < 1.29 is 0 Å². The smallest absolute Gasteiger partial charge is 0.140 e. The Morgan fingerprint density at radius 2 is 2.29 bits per heavy atom. The van der Waals surface area contributed by atoms with Crippen molar-refractivity contribution in [3.63, 3.8) is 0 Å². The monoisotopic (exact) mass is 227 g/mol. The van der Waals surface area contributed by atoms with Crippen molar-refractivity contribution in [2.75, 3.05) is 18.1 Å². The minimum atomic E-state index is 0.800. The molecular formula is C12H13N5. The van der Waals surface area contributed by atoms with E-state index in [1.54, 1.807) is 12.4 Å². The molecule has 0 aliphatic carbocycles. The zero-order valence-corrected chi connectivity index (χ0v) is 9.30. The molecule has 0 saturated carbocycles. The first kappa shape index (κ1) is 10.0. The lowest BCUT2D eigenvalue weighted by Gasteiger charge is -2.25. The normalized spacial score (nSPS) is 15.2. The molecular weight excluding hydrogens is 214 g/mol. The van der Waals surface area contributed by atoms with Crippen molar-refractivity contribution >= 4 is 5.69 Å². The summed E-state index contributed by atoms with van der Waals surface area (Å²) in [5, 5.41) is 3.29. The number of aromatic amines is 1. The number of rotatable bonds is 2. The third-order valence-electron chi connectivity index (χ3n) is 2.69. The molecule has 5 nitrogen and oxygen atoms in total. The molecule has 0 spiro atoms. The predicted octanol–water partition coefficient (Wildman–Crippen LogP) is 1.35. The van der Waals surface area contributed by atoms with Gasteiger partial charge in [0.2, 0.25) is 0 Å². The summed E-state index contributed by atoms with van der Waals surface area (Å²) in [6.07, 6.45) is 11.4. The van der Waals surface area contributed by atoms with Crippen LogP contribution in [0, 0.1) is 0 Å². The summed E-state index contributed by atoms with van der Waals surface area (Å²) < 4.78 is 0. The van der Waals surface area contributed by atoms with Crippen LogP contribution < -0.4 is 10.2 Å². The fourth-order valence-electron chi connectivity index (χ4n) is 1.90. The highest BCUT2D eigenvalue weighted by molar-refractivity contribution is 5.74. The van der Waals surface area contributed by atoms with Crippen LogP contribution in [0.3, 0.4) is 0 Å². The summed E-state index contributed by atoms with van der Waals surface area (Å²) in [5.74, 6) is 0.840. The minimum Gasteiger partial charge on any atom is -0.345 e. The Balaban J connectivity index is 2.04. The lowest BCUT2D eigenvalue weighted by molar-refractivity contribution is 0.722. The Morgan fingerprint density at radius 1 is 1.29 bits per heavy atom. The number of hydrogen-bond acceptors (Lipinski definition) is 4. The van der Waals surface area contributed by atoms with Crippen molar-refractivity contribution in [1.82, 2.24) is 20.3 Å². The fraction of sp³-hybridized carbons (Fsp3) is 0.167. The lowest BCUT2D eigenvalue weighted by atomic mass is 10.2. The van der Waals surface area contributed by atoms with E-state index < -0.39 is 0 Å². The van der Waals surface area contributed by atoms with Gasteiger partial charge in [-0.2, -0.15) is 0 Å². The van der Waals surface area contributed by atoms with Crippen LogP contribution in [0.2, 0.25) is 0 Å². The maximum Gasteiger partial charge on any atom is 0.140 e. The van der Waals surface area contributed by atoms with Gasteiger partial charge in [-0.05, 0) is 6.07 Å². The summed E-state index contributed by atoms with van der Waals surface area (Å²) in [5.41, 5.74) is 2.10. The lowest BCUT2D eigenvalue weighted by Crippen LogP contribution is -2.34. The van der Waals surface area contributed by atoms with Gasteiger partial charge in [0.05, 0.1) is 17.9 Å². The Bertz CT molecular complexity index is 517. The first-order valence-electron chi connectivity index (χ1n) is 5.53. The molecule has 17 heavy (non-hydrogen) atoms. The maximum absolute atomic E-state index is 4.28. The molecule has 1 aliphatic rings. The molecule has 0 bridgehead atoms. The highest BCUT2D eigenvalue weighted by Gasteiger charge is 2.13. The van der Waals surface area contributed by atoms with Crippen molar-refractivity contribution in [3.05, 3.63) is 43.1 Å². The van der Waals surface area contributed by atoms with Gasteiger partial charge < -0.3 is 9.88 Å². The van der Waals surface area contributed by atoms with Crippen LogP contribution in [0.15, 0.2) is 43.1 Å². The third kappa shape index (κ3) is 1.92. The van der Waals surface area contributed by atoms with Crippen molar-refractivity contribution in [2.24, 2.45) is 0 Å². The summed E-state index contributed by atoms with van der Waals surface area (Å²) in [6.45, 7) is 1.71. The van der Waals surface area contributed by atoms with Gasteiger partial charge in [0.25, 0.3) is 0 Å². The van der Waals surface area contributed by atoms with Gasteiger partial charge in [0, 0.05) is 37.5 Å². The highest BCUT2D eigenvalue weighted by atomic mass is 15.2. The molecule has 0 unspecified atom stereocenters. The summed E-state index contributed by atoms with van der Waals surface area (Å²) in [4.78, 5) is 13.7. The Kier molecular flexibility index (Phi) is 2.59. The first-order chi connectivity index (χ1) is 8.45. The van der Waals surface area contributed by atoms with E-state index in [0.29, 0.717) is 0 Å². The second-order valence-electron chi connectivity index (χ2n) is 3.80. The van der Waals surface area contributed by atoms with Crippen LogP contribution in [0.25, 0.3) is 11.4 Å². The van der Waals surface area contributed by atoms with Gasteiger partial charge in [0.1, 0.15) is 5.82 Å². The predicted molar refractivity (Wildman–Crippen MR) is 66.3 cm³/mol. The number of pyridine rings is 1. The molecule has 2 aromatic heterocycles. The number of imidazole rings is 1. The number of nitrogens with zero attached hydrogens (tertiary/aromatic N) is 3. The van der Waals surface area contributed by atoms with E-state index in [4.69, 9.17) is 0 Å². The summed E-state index contributed by atoms with van der Waals surface area (Å²) >= 11 is 0. The third-order valence-corrected chi connectivity index (χ3v) is 2.69. The Hall–Kier alpha value is -2.14. The number of aromatic nitrogens is 3. The topological polar surface area (TPSA) is 56.8 Å². The van der Waals surface area contributed by atoms with Crippen LogP contribution in [-0.4, -0.2) is 28.2 Å². The molecule has 0 atom stereocenters. The number of hydrogen-bond donors (Lipinski definition) is 2. The number of anilines is 1. The average molecular weight is 227 g/mol. The molecule has 2 N–H and O–H groups in total. The number of H-pyrrole nitrogens is 1. The molecule has 86 valence electrons. The summed E-state index contributed by atoms with van der Waals surface area (Å²) in [6, 6.07) is 2.00. The standard InChI is InChI=1S/C12H13N5/c1-3-14-9-17(7-1)11-2-4-13-8-10(11)12-15-5-6-16-12/h1-2,4-8,14H,3,9H2,(H,15,16). The summed E-state index contributed by atoms with van der Waals surface area (Å²) in [7, 11) is 0. The van der Waals surface area contributed by atoms with Crippen LogP contribution in [0.5, 0.6) is 0 Å². The highest BCUT2D eigenvalue weighted by Crippen LogP contribution is 2.27. The van der Waals surface area contributed by atoms with Gasteiger partial charge in [0.15, 0.2) is 0 Å². The zero-order valence-electron chi connectivity index (χ0n) is 9.30. The maximum atomic E-state index is 4.28. The van der Waals surface area contributed by atoms with E-state index in [1.807, 2.05) is 18.5 Å². The van der Waals surface area contributed by atoms with Crippen molar-refractivity contribution in [1.29, 1.82) is 0 Å². The second kappa shape index (κ2) is 4.39. The van der Waals surface area contributed by atoms with E-state index in [2.05, 4.69) is 37.4 Å². The quantitative estimate of drug-likeness (QED) is 0.813. The molecule has 3 rings (SSSR count). The van der Waals surface area contributed by atoms with E-state index in [1.165, 1.54) is 0 Å². The number of nitrogens with one attached hydrogen (secondary N) is 2. The van der Waals surface area contributed by atoms with Crippen LogP contribution in [0.4, 0.5) is 5.69 Å². The minimum absolute atomic E-state index is 0.800. The molecule has 0 fully saturated rings. The Morgan fingerprint density at radius 3 is 3.06 bits per heavy atom. The molecule has 5 heteroatoms. The van der Waals surface area contributed by atoms with E-state index in [9.17, 15) is 0 Å². The average Bonchev–Trinajstić information content (AvgIpc) is 2.94. The largest absolute Gasteiger partial charge is 0.345 e. The fourth-order valence-corrected chi connectivity index (χ4v) is 1.90. The molecule has 1 aliphatic heterocycles. The second-order valence-corrected chi connectivity index (χ2v) is 3.80. The SMILES string of the molecule is C1=CN(c2ccncc2-c2ncc[nH]2)CNC1. The van der Waals surface area contributed by atoms with Gasteiger partial charge in [-0.3, -0.25) is 10.3 Å². The molecule has 0 saturated heterocycles. The van der Waals surface area contributed by atoms with Crippen molar-refractivity contribution in [2.45, 2.75) is 0 Å². The van der Waals surface area contributed by atoms with E-state index in [0.717, 1.165) is 30.3 Å². The van der Waals surface area contributed by atoms with Gasteiger partial charge in [-0.15, -0.1) is 0 Å². The molecule has 0 radical (unpaired) electrons. The van der Waals surface area contributed by atoms with Crippen LogP contribution >= 0.6 is 0 Å². The molecule has 3 heterocycles. The molecule has 2 aromatic rings. The molecule has 0 amide bonds. The molecule has 0 aromatic carbocycles. The first-order valence-corrected chi connectivity index (χ1v) is 5.53. The van der Waals surface area contributed by atoms with Crippen LogP contribution in [-0.2, 0) is 0 Å². The van der Waals surface area contributed by atoms with Gasteiger partial charge in [-0.1, -0.05) is 6.08 Å². The van der Waals surface area contributed by atoms with E-state index in [-0.39, 0.29) is 0 Å². The van der Waals surface area contributed by atoms with Crippen molar-refractivity contribution in [3.8, 4) is 11.4 Å². The zero-order chi connectivity index (χ0) is 11.5. The van der Waals surface area contributed by atoms with E-state index >= 15 is 0 Å². The van der Waals surface area contributed by atoms with Crippen LogP contribution in [0.1, 0.15) is 0 Å². The van der Waals surface area contributed by atoms with Gasteiger partial charge in [-0.25, -0.2) is 4.98 Å². The Labute approximate surface area is 99.2 Å². The van der Waals surface area contributed by atoms with Gasteiger partial charge >= 0.3 is 0 Å².